The van der Waals surface area contributed by atoms with E-state index in [1.54, 1.807) is 23.0 Å². The van der Waals surface area contributed by atoms with Gasteiger partial charge in [-0.3, -0.25) is 4.79 Å². The summed E-state index contributed by atoms with van der Waals surface area (Å²) in [5.74, 6) is -0.137. The zero-order valence-electron chi connectivity index (χ0n) is 10.8. The molecular weight excluding hydrogens is 244 g/mol. The standard InChI is InChI=1S/C13H16N4O2/c1-9-11(12-14-5-3-6-17(12)16-9)13(18)15-8-10-4-2-7-19-10/h3,5-6,10H,2,4,7-8H2,1H3,(H,15,18)/t10-/m0/s1. The van der Waals surface area contributed by atoms with Crippen molar-refractivity contribution < 1.29 is 9.53 Å². The number of carbonyl (C=O) groups is 1. The second-order valence-electron chi connectivity index (χ2n) is 4.69. The molecular formula is C13H16N4O2. The van der Waals surface area contributed by atoms with Gasteiger partial charge in [0, 0.05) is 25.5 Å². The van der Waals surface area contributed by atoms with Gasteiger partial charge in [0.2, 0.25) is 0 Å². The van der Waals surface area contributed by atoms with Gasteiger partial charge in [0.05, 0.1) is 11.8 Å². The maximum absolute atomic E-state index is 12.2. The van der Waals surface area contributed by atoms with Crippen LogP contribution in [0, 0.1) is 6.92 Å². The number of hydrogen-bond donors (Lipinski definition) is 1. The zero-order chi connectivity index (χ0) is 13.2. The molecule has 3 heterocycles. The molecule has 1 saturated heterocycles. The summed E-state index contributed by atoms with van der Waals surface area (Å²) in [6.07, 6.45) is 5.66. The molecule has 1 atom stereocenters. The van der Waals surface area contributed by atoms with E-state index in [-0.39, 0.29) is 12.0 Å². The number of carbonyl (C=O) groups excluding carboxylic acids is 1. The van der Waals surface area contributed by atoms with Gasteiger partial charge in [0.15, 0.2) is 5.65 Å². The highest BCUT2D eigenvalue weighted by molar-refractivity contribution is 6.00. The van der Waals surface area contributed by atoms with Crippen LogP contribution in [-0.2, 0) is 4.74 Å². The Balaban J connectivity index is 1.79. The maximum Gasteiger partial charge on any atom is 0.257 e. The third-order valence-electron chi connectivity index (χ3n) is 3.31. The molecule has 0 aliphatic carbocycles. The monoisotopic (exact) mass is 260 g/mol. The molecule has 0 saturated carbocycles. The largest absolute Gasteiger partial charge is 0.376 e. The van der Waals surface area contributed by atoms with Gasteiger partial charge in [-0.2, -0.15) is 5.10 Å². The van der Waals surface area contributed by atoms with Crippen molar-refractivity contribution in [2.75, 3.05) is 13.2 Å². The van der Waals surface area contributed by atoms with E-state index in [4.69, 9.17) is 4.74 Å². The molecule has 1 aliphatic rings. The van der Waals surface area contributed by atoms with Gasteiger partial charge in [-0.1, -0.05) is 0 Å². The fourth-order valence-electron chi connectivity index (χ4n) is 2.36. The highest BCUT2D eigenvalue weighted by atomic mass is 16.5. The lowest BCUT2D eigenvalue weighted by Gasteiger charge is -2.10. The molecule has 0 unspecified atom stereocenters. The van der Waals surface area contributed by atoms with Gasteiger partial charge in [0.1, 0.15) is 5.56 Å². The molecule has 0 bridgehead atoms. The molecule has 6 heteroatoms. The topological polar surface area (TPSA) is 68.5 Å². The van der Waals surface area contributed by atoms with Crippen LogP contribution in [0.3, 0.4) is 0 Å². The summed E-state index contributed by atoms with van der Waals surface area (Å²) in [6, 6.07) is 1.79. The van der Waals surface area contributed by atoms with Crippen LogP contribution in [0.1, 0.15) is 28.9 Å². The molecule has 1 fully saturated rings. The van der Waals surface area contributed by atoms with Crippen LogP contribution in [0.15, 0.2) is 18.5 Å². The van der Waals surface area contributed by atoms with E-state index in [9.17, 15) is 4.79 Å². The smallest absolute Gasteiger partial charge is 0.257 e. The number of amides is 1. The first-order valence-corrected chi connectivity index (χ1v) is 6.45. The number of aromatic nitrogens is 3. The van der Waals surface area contributed by atoms with Gasteiger partial charge >= 0.3 is 0 Å². The number of aryl methyl sites for hydroxylation is 1. The number of rotatable bonds is 3. The highest BCUT2D eigenvalue weighted by Crippen LogP contribution is 2.14. The first-order chi connectivity index (χ1) is 9.25. The van der Waals surface area contributed by atoms with E-state index in [2.05, 4.69) is 15.4 Å². The van der Waals surface area contributed by atoms with E-state index in [1.165, 1.54) is 0 Å². The van der Waals surface area contributed by atoms with E-state index in [0.29, 0.717) is 23.4 Å². The molecule has 1 N–H and O–H groups in total. The van der Waals surface area contributed by atoms with Crippen molar-refractivity contribution in [3.63, 3.8) is 0 Å². The number of nitrogens with one attached hydrogen (secondary N) is 1. The fourth-order valence-corrected chi connectivity index (χ4v) is 2.36. The first-order valence-electron chi connectivity index (χ1n) is 6.45. The lowest BCUT2D eigenvalue weighted by Crippen LogP contribution is -2.32. The second kappa shape index (κ2) is 4.97. The fraction of sp³-hybridized carbons (Fsp3) is 0.462. The van der Waals surface area contributed by atoms with Crippen molar-refractivity contribution in [2.45, 2.75) is 25.9 Å². The molecule has 1 amide bonds. The quantitative estimate of drug-likeness (QED) is 0.892. The Bertz CT molecular complexity index is 602. The average Bonchev–Trinajstić information content (AvgIpc) is 3.02. The minimum Gasteiger partial charge on any atom is -0.376 e. The normalized spacial score (nSPS) is 18.9. The lowest BCUT2D eigenvalue weighted by atomic mass is 10.2. The summed E-state index contributed by atoms with van der Waals surface area (Å²) in [5.41, 5.74) is 1.81. The van der Waals surface area contributed by atoms with E-state index in [0.717, 1.165) is 19.4 Å². The van der Waals surface area contributed by atoms with Crippen LogP contribution in [0.4, 0.5) is 0 Å². The number of fused-ring (bicyclic) bond motifs is 1. The van der Waals surface area contributed by atoms with Gasteiger partial charge in [-0.15, -0.1) is 0 Å². The summed E-state index contributed by atoms with van der Waals surface area (Å²) < 4.78 is 7.11. The molecule has 0 radical (unpaired) electrons. The van der Waals surface area contributed by atoms with Crippen molar-refractivity contribution in [3.05, 3.63) is 29.7 Å². The Hall–Kier alpha value is -1.95. The van der Waals surface area contributed by atoms with E-state index >= 15 is 0 Å². The Morgan fingerprint density at radius 3 is 3.32 bits per heavy atom. The van der Waals surface area contributed by atoms with Crippen molar-refractivity contribution in [2.24, 2.45) is 0 Å². The summed E-state index contributed by atoms with van der Waals surface area (Å²) in [6.45, 7) is 3.15. The van der Waals surface area contributed by atoms with Crippen molar-refractivity contribution in [1.29, 1.82) is 0 Å². The van der Waals surface area contributed by atoms with Gasteiger partial charge in [-0.25, -0.2) is 9.50 Å². The maximum atomic E-state index is 12.2. The molecule has 2 aromatic rings. The predicted molar refractivity (Wildman–Crippen MR) is 69.0 cm³/mol. The third kappa shape index (κ3) is 2.31. The molecule has 6 nitrogen and oxygen atoms in total. The first kappa shape index (κ1) is 12.1. The Morgan fingerprint density at radius 2 is 2.53 bits per heavy atom. The Morgan fingerprint density at radius 1 is 1.63 bits per heavy atom. The van der Waals surface area contributed by atoms with E-state index < -0.39 is 0 Å². The predicted octanol–water partition coefficient (Wildman–Crippen LogP) is 0.947. The van der Waals surface area contributed by atoms with Gasteiger partial charge < -0.3 is 10.1 Å². The summed E-state index contributed by atoms with van der Waals surface area (Å²) >= 11 is 0. The zero-order valence-corrected chi connectivity index (χ0v) is 10.8. The van der Waals surface area contributed by atoms with Gasteiger partial charge in [-0.05, 0) is 25.8 Å². The molecule has 0 aromatic carbocycles. The molecule has 1 aliphatic heterocycles. The molecule has 0 spiro atoms. The summed E-state index contributed by atoms with van der Waals surface area (Å²) in [7, 11) is 0. The van der Waals surface area contributed by atoms with Crippen LogP contribution >= 0.6 is 0 Å². The Labute approximate surface area is 110 Å². The van der Waals surface area contributed by atoms with Crippen molar-refractivity contribution >= 4 is 11.6 Å². The molecule has 100 valence electrons. The van der Waals surface area contributed by atoms with Crippen LogP contribution in [-0.4, -0.2) is 39.8 Å². The van der Waals surface area contributed by atoms with Crippen LogP contribution < -0.4 is 5.32 Å². The SMILES string of the molecule is Cc1nn2cccnc2c1C(=O)NC[C@@H]1CCCO1. The highest BCUT2D eigenvalue weighted by Gasteiger charge is 2.20. The minimum absolute atomic E-state index is 0.137. The minimum atomic E-state index is -0.137. The lowest BCUT2D eigenvalue weighted by molar-refractivity contribution is 0.0858. The van der Waals surface area contributed by atoms with Crippen molar-refractivity contribution in [3.8, 4) is 0 Å². The van der Waals surface area contributed by atoms with Crippen LogP contribution in [0.25, 0.3) is 5.65 Å². The number of ether oxygens (including phenoxy) is 1. The second-order valence-corrected chi connectivity index (χ2v) is 4.69. The van der Waals surface area contributed by atoms with Crippen LogP contribution in [0.2, 0.25) is 0 Å². The Kier molecular flexibility index (Phi) is 3.16. The average molecular weight is 260 g/mol. The van der Waals surface area contributed by atoms with E-state index in [1.807, 2.05) is 6.92 Å². The summed E-state index contributed by atoms with van der Waals surface area (Å²) in [5, 5.41) is 7.18. The third-order valence-corrected chi connectivity index (χ3v) is 3.31. The summed E-state index contributed by atoms with van der Waals surface area (Å²) in [4.78, 5) is 16.4. The molecule has 19 heavy (non-hydrogen) atoms. The molecule has 2 aromatic heterocycles. The number of nitrogens with zero attached hydrogens (tertiary/aromatic N) is 3. The van der Waals surface area contributed by atoms with Crippen molar-refractivity contribution in [1.82, 2.24) is 19.9 Å². The molecule has 3 rings (SSSR count). The van der Waals surface area contributed by atoms with Gasteiger partial charge in [0.25, 0.3) is 5.91 Å². The number of hydrogen-bond acceptors (Lipinski definition) is 4. The van der Waals surface area contributed by atoms with Crippen LogP contribution in [0.5, 0.6) is 0 Å².